The third kappa shape index (κ3) is 3.48. The van der Waals surface area contributed by atoms with E-state index in [4.69, 9.17) is 5.84 Å². The molecule has 0 aromatic carbocycles. The fraction of sp³-hybridized carbons (Fsp3) is 0.600. The molecule has 1 aliphatic carbocycles. The van der Waals surface area contributed by atoms with Crippen molar-refractivity contribution < 1.29 is 4.79 Å². The van der Waals surface area contributed by atoms with Crippen molar-refractivity contribution in [1.82, 2.24) is 10.3 Å². The molecule has 1 aromatic heterocycles. The third-order valence-electron chi connectivity index (χ3n) is 4.14. The average molecular weight is 276 g/mol. The Balaban J connectivity index is 2.04. The van der Waals surface area contributed by atoms with Crippen LogP contribution in [-0.4, -0.2) is 16.9 Å². The zero-order chi connectivity index (χ0) is 14.5. The summed E-state index contributed by atoms with van der Waals surface area (Å²) in [4.78, 5) is 16.5. The smallest absolute Gasteiger partial charge is 0.255 e. The van der Waals surface area contributed by atoms with Crippen molar-refractivity contribution in [3.63, 3.8) is 0 Å². The maximum absolute atomic E-state index is 12.4. The number of hydrazine groups is 1. The van der Waals surface area contributed by atoms with E-state index in [0.717, 1.165) is 24.5 Å². The quantitative estimate of drug-likeness (QED) is 0.582. The Morgan fingerprint density at radius 1 is 1.50 bits per heavy atom. The number of nitrogens with one attached hydrogen (secondary N) is 2. The Morgan fingerprint density at radius 3 is 3.00 bits per heavy atom. The molecular formula is C15H24N4O. The number of amides is 1. The van der Waals surface area contributed by atoms with Gasteiger partial charge in [0.2, 0.25) is 0 Å². The van der Waals surface area contributed by atoms with Gasteiger partial charge in [0.1, 0.15) is 0 Å². The number of hydrogen-bond acceptors (Lipinski definition) is 4. The zero-order valence-corrected chi connectivity index (χ0v) is 12.3. The van der Waals surface area contributed by atoms with Crippen molar-refractivity contribution >= 4 is 11.6 Å². The van der Waals surface area contributed by atoms with Gasteiger partial charge in [0.05, 0.1) is 11.3 Å². The van der Waals surface area contributed by atoms with Gasteiger partial charge in [0.15, 0.2) is 0 Å². The lowest BCUT2D eigenvalue weighted by Gasteiger charge is -2.29. The molecule has 2 rings (SSSR count). The number of nitrogen functional groups attached to an aromatic ring is 1. The molecule has 4 N–H and O–H groups in total. The maximum atomic E-state index is 12.4. The number of carbonyl (C=O) groups is 1. The minimum absolute atomic E-state index is 0.0906. The van der Waals surface area contributed by atoms with Gasteiger partial charge in [-0.1, -0.05) is 26.2 Å². The van der Waals surface area contributed by atoms with Gasteiger partial charge in [-0.25, -0.2) is 0 Å². The predicted molar refractivity (Wildman–Crippen MR) is 80.3 cm³/mol. The average Bonchev–Trinajstić information content (AvgIpc) is 2.47. The van der Waals surface area contributed by atoms with Crippen molar-refractivity contribution in [2.45, 2.75) is 52.0 Å². The molecule has 0 radical (unpaired) electrons. The number of aromatic nitrogens is 1. The van der Waals surface area contributed by atoms with Gasteiger partial charge in [-0.15, -0.1) is 0 Å². The SMILES string of the molecule is CCC1CCCC(NC(=O)c2cnc(C)cc2NN)C1. The van der Waals surface area contributed by atoms with Gasteiger partial charge in [0.25, 0.3) is 5.91 Å². The van der Waals surface area contributed by atoms with Crippen LogP contribution in [0.1, 0.15) is 55.1 Å². The molecule has 2 atom stereocenters. The summed E-state index contributed by atoms with van der Waals surface area (Å²) < 4.78 is 0. The maximum Gasteiger partial charge on any atom is 0.255 e. The molecule has 0 aliphatic heterocycles. The Labute approximate surface area is 120 Å². The number of nitrogens with zero attached hydrogens (tertiary/aromatic N) is 1. The van der Waals surface area contributed by atoms with Crippen LogP contribution < -0.4 is 16.6 Å². The monoisotopic (exact) mass is 276 g/mol. The normalized spacial score (nSPS) is 22.4. The van der Waals surface area contributed by atoms with Crippen molar-refractivity contribution in [2.24, 2.45) is 11.8 Å². The first-order chi connectivity index (χ1) is 9.63. The van der Waals surface area contributed by atoms with E-state index in [1.165, 1.54) is 19.3 Å². The van der Waals surface area contributed by atoms with Gasteiger partial charge in [-0.2, -0.15) is 0 Å². The second kappa shape index (κ2) is 6.70. The molecule has 5 nitrogen and oxygen atoms in total. The topological polar surface area (TPSA) is 80.0 Å². The van der Waals surface area contributed by atoms with Crippen LogP contribution >= 0.6 is 0 Å². The summed E-state index contributed by atoms with van der Waals surface area (Å²) in [7, 11) is 0. The summed E-state index contributed by atoms with van der Waals surface area (Å²) in [6.07, 6.45) is 7.38. The van der Waals surface area contributed by atoms with Gasteiger partial charge in [-0.05, 0) is 31.7 Å². The van der Waals surface area contributed by atoms with Crippen LogP contribution in [-0.2, 0) is 0 Å². The van der Waals surface area contributed by atoms with Gasteiger partial charge >= 0.3 is 0 Å². The van der Waals surface area contributed by atoms with Crippen molar-refractivity contribution in [1.29, 1.82) is 0 Å². The van der Waals surface area contributed by atoms with E-state index in [2.05, 4.69) is 22.7 Å². The summed E-state index contributed by atoms with van der Waals surface area (Å²) in [6, 6.07) is 2.05. The molecule has 1 fully saturated rings. The van der Waals surface area contributed by atoms with Crippen molar-refractivity contribution in [3.8, 4) is 0 Å². The van der Waals surface area contributed by atoms with Crippen LogP contribution in [0.2, 0.25) is 0 Å². The van der Waals surface area contributed by atoms with Crippen LogP contribution in [0.15, 0.2) is 12.3 Å². The molecule has 1 saturated carbocycles. The van der Waals surface area contributed by atoms with E-state index in [1.807, 2.05) is 6.92 Å². The number of hydrogen-bond donors (Lipinski definition) is 3. The molecule has 0 spiro atoms. The number of anilines is 1. The molecule has 1 aromatic rings. The van der Waals surface area contributed by atoms with Gasteiger partial charge in [0, 0.05) is 17.9 Å². The highest BCUT2D eigenvalue weighted by Crippen LogP contribution is 2.27. The Kier molecular flexibility index (Phi) is 4.95. The largest absolute Gasteiger partial charge is 0.349 e. The number of pyridine rings is 1. The molecule has 110 valence electrons. The van der Waals surface area contributed by atoms with Crippen LogP contribution in [0.5, 0.6) is 0 Å². The molecule has 1 heterocycles. The number of nitrogens with two attached hydrogens (primary N) is 1. The first kappa shape index (κ1) is 14.8. The predicted octanol–water partition coefficient (Wildman–Crippen LogP) is 2.37. The highest BCUT2D eigenvalue weighted by molar-refractivity contribution is 5.99. The zero-order valence-electron chi connectivity index (χ0n) is 12.3. The molecule has 20 heavy (non-hydrogen) atoms. The molecular weight excluding hydrogens is 252 g/mol. The fourth-order valence-electron chi connectivity index (χ4n) is 2.92. The number of rotatable bonds is 4. The fourth-order valence-corrected chi connectivity index (χ4v) is 2.92. The highest BCUT2D eigenvalue weighted by atomic mass is 16.1. The number of carbonyl (C=O) groups excluding carboxylic acids is 1. The minimum atomic E-state index is -0.0906. The Morgan fingerprint density at radius 2 is 2.30 bits per heavy atom. The first-order valence-corrected chi connectivity index (χ1v) is 7.38. The second-order valence-electron chi connectivity index (χ2n) is 5.63. The minimum Gasteiger partial charge on any atom is -0.349 e. The van der Waals surface area contributed by atoms with E-state index < -0.39 is 0 Å². The van der Waals surface area contributed by atoms with Crippen molar-refractivity contribution in [2.75, 3.05) is 5.43 Å². The summed E-state index contributed by atoms with van der Waals surface area (Å²) in [6.45, 7) is 4.09. The lowest BCUT2D eigenvalue weighted by molar-refractivity contribution is 0.0919. The van der Waals surface area contributed by atoms with Crippen LogP contribution in [0, 0.1) is 12.8 Å². The lowest BCUT2D eigenvalue weighted by atomic mass is 9.84. The molecule has 1 amide bonds. The van der Waals surface area contributed by atoms with Gasteiger partial charge in [-0.3, -0.25) is 15.6 Å². The van der Waals surface area contributed by atoms with Crippen molar-refractivity contribution in [3.05, 3.63) is 23.5 Å². The standard InChI is InChI=1S/C15H24N4O/c1-3-11-5-4-6-12(8-11)18-15(20)13-9-17-10(2)7-14(13)19-16/h7,9,11-12H,3-6,8,16H2,1-2H3,(H,17,19)(H,18,20). The van der Waals surface area contributed by atoms with E-state index >= 15 is 0 Å². The molecule has 1 aliphatic rings. The molecule has 0 saturated heterocycles. The summed E-state index contributed by atoms with van der Waals surface area (Å²) in [5, 5.41) is 3.12. The number of aryl methyl sites for hydroxylation is 1. The van der Waals surface area contributed by atoms with Crippen LogP contribution in [0.3, 0.4) is 0 Å². The third-order valence-corrected chi connectivity index (χ3v) is 4.14. The molecule has 2 unspecified atom stereocenters. The van der Waals surface area contributed by atoms with Crippen LogP contribution in [0.25, 0.3) is 0 Å². The molecule has 5 heteroatoms. The Bertz CT molecular complexity index is 475. The summed E-state index contributed by atoms with van der Waals surface area (Å²) >= 11 is 0. The summed E-state index contributed by atoms with van der Waals surface area (Å²) in [5.74, 6) is 6.12. The van der Waals surface area contributed by atoms with E-state index in [-0.39, 0.29) is 11.9 Å². The van der Waals surface area contributed by atoms with E-state index in [9.17, 15) is 4.79 Å². The van der Waals surface area contributed by atoms with E-state index in [1.54, 1.807) is 12.3 Å². The van der Waals surface area contributed by atoms with E-state index in [0.29, 0.717) is 11.3 Å². The summed E-state index contributed by atoms with van der Waals surface area (Å²) in [5.41, 5.74) is 4.54. The Hall–Kier alpha value is -1.62. The van der Waals surface area contributed by atoms with Gasteiger partial charge < -0.3 is 10.7 Å². The first-order valence-electron chi connectivity index (χ1n) is 7.38. The second-order valence-corrected chi connectivity index (χ2v) is 5.63. The molecule has 0 bridgehead atoms. The van der Waals surface area contributed by atoms with Crippen LogP contribution in [0.4, 0.5) is 5.69 Å². The highest BCUT2D eigenvalue weighted by Gasteiger charge is 2.23. The lowest BCUT2D eigenvalue weighted by Crippen LogP contribution is -2.38.